The van der Waals surface area contributed by atoms with Gasteiger partial charge in [-0.25, -0.2) is 0 Å². The number of carbonyl (C=O) groups is 1. The van der Waals surface area contributed by atoms with Gasteiger partial charge in [0.1, 0.15) is 5.01 Å². The smallest absolute Gasteiger partial charge is 0.231 e. The molecule has 1 amide bonds. The molecule has 0 aliphatic heterocycles. The van der Waals surface area contributed by atoms with E-state index in [-0.39, 0.29) is 5.91 Å². The van der Waals surface area contributed by atoms with Crippen LogP contribution in [0.2, 0.25) is 0 Å². The molecule has 0 atom stereocenters. The number of hydrogen-bond donors (Lipinski definition) is 1. The van der Waals surface area contributed by atoms with E-state index in [1.165, 1.54) is 11.3 Å². The molecule has 1 rings (SSSR count). The van der Waals surface area contributed by atoms with Crippen LogP contribution >= 0.6 is 11.3 Å². The van der Waals surface area contributed by atoms with Crippen LogP contribution in [-0.2, 0) is 11.2 Å². The summed E-state index contributed by atoms with van der Waals surface area (Å²) in [6.07, 6.45) is 0.906. The van der Waals surface area contributed by atoms with Crippen LogP contribution in [0.25, 0.3) is 0 Å². The third-order valence-corrected chi connectivity index (χ3v) is 2.81. The highest BCUT2D eigenvalue weighted by Gasteiger charge is 2.22. The van der Waals surface area contributed by atoms with Crippen molar-refractivity contribution < 1.29 is 4.79 Å². The molecule has 1 heterocycles. The van der Waals surface area contributed by atoms with Crippen LogP contribution in [0.5, 0.6) is 0 Å². The summed E-state index contributed by atoms with van der Waals surface area (Å²) in [7, 11) is 0. The molecule has 0 bridgehead atoms. The summed E-state index contributed by atoms with van der Waals surface area (Å²) in [5.74, 6) is 0.527. The lowest BCUT2D eigenvalue weighted by Crippen LogP contribution is -2.27. The Morgan fingerprint density at radius 1 is 1.38 bits per heavy atom. The van der Waals surface area contributed by atoms with Crippen LogP contribution < -0.4 is 5.32 Å². The zero-order valence-electron chi connectivity index (χ0n) is 10.5. The standard InChI is InChI=1S/C11H19N3OS/c1-7(2)6-8-13-14-10(16-8)12-9(15)11(3,4)5/h7H,6H2,1-5H3,(H,12,14,15). The highest BCUT2D eigenvalue weighted by Crippen LogP contribution is 2.21. The Morgan fingerprint density at radius 3 is 2.50 bits per heavy atom. The lowest BCUT2D eigenvalue weighted by Gasteiger charge is -2.15. The number of nitrogens with one attached hydrogen (secondary N) is 1. The molecule has 0 unspecified atom stereocenters. The first-order valence-electron chi connectivity index (χ1n) is 5.43. The van der Waals surface area contributed by atoms with Crippen molar-refractivity contribution in [2.45, 2.75) is 41.0 Å². The van der Waals surface area contributed by atoms with E-state index >= 15 is 0 Å². The van der Waals surface area contributed by atoms with Gasteiger partial charge in [-0.1, -0.05) is 46.0 Å². The molecule has 0 aliphatic rings. The Kier molecular flexibility index (Phi) is 4.02. The molecule has 0 saturated heterocycles. The third kappa shape index (κ3) is 3.89. The van der Waals surface area contributed by atoms with Gasteiger partial charge < -0.3 is 5.32 Å². The number of anilines is 1. The Bertz CT molecular complexity index is 366. The van der Waals surface area contributed by atoms with Gasteiger partial charge in [0.25, 0.3) is 0 Å². The van der Waals surface area contributed by atoms with Gasteiger partial charge in [0, 0.05) is 11.8 Å². The summed E-state index contributed by atoms with van der Waals surface area (Å²) in [4.78, 5) is 11.7. The molecule has 1 aromatic rings. The molecule has 0 aromatic carbocycles. The summed E-state index contributed by atoms with van der Waals surface area (Å²) in [6, 6.07) is 0. The largest absolute Gasteiger partial charge is 0.300 e. The normalized spacial score (nSPS) is 11.9. The van der Waals surface area contributed by atoms with Crippen molar-refractivity contribution in [3.05, 3.63) is 5.01 Å². The number of carbonyl (C=O) groups excluding carboxylic acids is 1. The fraction of sp³-hybridized carbons (Fsp3) is 0.727. The van der Waals surface area contributed by atoms with Gasteiger partial charge in [0.05, 0.1) is 0 Å². The van der Waals surface area contributed by atoms with Gasteiger partial charge >= 0.3 is 0 Å². The minimum atomic E-state index is -0.399. The number of aromatic nitrogens is 2. The molecule has 4 nitrogen and oxygen atoms in total. The van der Waals surface area contributed by atoms with E-state index in [1.54, 1.807) is 0 Å². The number of nitrogens with zero attached hydrogens (tertiary/aromatic N) is 2. The molecule has 1 N–H and O–H groups in total. The van der Waals surface area contributed by atoms with Crippen LogP contribution in [0, 0.1) is 11.3 Å². The molecule has 16 heavy (non-hydrogen) atoms. The van der Waals surface area contributed by atoms with E-state index in [9.17, 15) is 4.79 Å². The highest BCUT2D eigenvalue weighted by atomic mass is 32.1. The van der Waals surface area contributed by atoms with E-state index < -0.39 is 5.41 Å². The van der Waals surface area contributed by atoms with E-state index in [0.29, 0.717) is 11.0 Å². The summed E-state index contributed by atoms with van der Waals surface area (Å²) >= 11 is 1.45. The second-order valence-electron chi connectivity index (χ2n) is 5.30. The second-order valence-corrected chi connectivity index (χ2v) is 6.37. The first kappa shape index (κ1) is 13.1. The van der Waals surface area contributed by atoms with Gasteiger partial charge in [-0.2, -0.15) is 0 Å². The maximum atomic E-state index is 11.7. The summed E-state index contributed by atoms with van der Waals surface area (Å²) in [5.41, 5.74) is -0.399. The molecule has 0 spiro atoms. The van der Waals surface area contributed by atoms with Gasteiger partial charge in [0.15, 0.2) is 0 Å². The number of rotatable bonds is 3. The van der Waals surface area contributed by atoms with Crippen LogP contribution in [0.1, 0.15) is 39.6 Å². The van der Waals surface area contributed by atoms with E-state index in [1.807, 2.05) is 20.8 Å². The zero-order valence-corrected chi connectivity index (χ0v) is 11.3. The van der Waals surface area contributed by atoms with E-state index in [4.69, 9.17) is 0 Å². The fourth-order valence-corrected chi connectivity index (χ4v) is 1.97. The average Bonchev–Trinajstić information content (AvgIpc) is 2.49. The SMILES string of the molecule is CC(C)Cc1nnc(NC(=O)C(C)(C)C)s1. The van der Waals surface area contributed by atoms with Crippen molar-refractivity contribution in [3.63, 3.8) is 0 Å². The molecule has 5 heteroatoms. The summed E-state index contributed by atoms with van der Waals surface area (Å²) < 4.78 is 0. The van der Waals surface area contributed by atoms with Crippen molar-refractivity contribution >= 4 is 22.4 Å². The van der Waals surface area contributed by atoms with Crippen LogP contribution in [0.3, 0.4) is 0 Å². The lowest BCUT2D eigenvalue weighted by molar-refractivity contribution is -0.123. The van der Waals surface area contributed by atoms with Crippen molar-refractivity contribution in [2.75, 3.05) is 5.32 Å². The molecular formula is C11H19N3OS. The first-order valence-corrected chi connectivity index (χ1v) is 6.24. The molecule has 0 aliphatic carbocycles. The Labute approximate surface area is 100 Å². The molecule has 90 valence electrons. The summed E-state index contributed by atoms with van der Waals surface area (Å²) in [5, 5.41) is 12.4. The Balaban J connectivity index is 2.62. The average molecular weight is 241 g/mol. The van der Waals surface area contributed by atoms with Crippen molar-refractivity contribution in [1.82, 2.24) is 10.2 Å². The third-order valence-electron chi connectivity index (χ3n) is 1.95. The molecule has 1 aromatic heterocycles. The summed E-state index contributed by atoms with van der Waals surface area (Å²) in [6.45, 7) is 9.89. The van der Waals surface area contributed by atoms with Crippen molar-refractivity contribution in [2.24, 2.45) is 11.3 Å². The molecule has 0 radical (unpaired) electrons. The number of amides is 1. The zero-order chi connectivity index (χ0) is 12.3. The Hall–Kier alpha value is -0.970. The van der Waals surface area contributed by atoms with Gasteiger partial charge in [-0.3, -0.25) is 4.79 Å². The van der Waals surface area contributed by atoms with Crippen LogP contribution in [-0.4, -0.2) is 16.1 Å². The predicted octanol–water partition coefficient (Wildman–Crippen LogP) is 2.72. The predicted molar refractivity (Wildman–Crippen MR) is 66.5 cm³/mol. The molecular weight excluding hydrogens is 222 g/mol. The quantitative estimate of drug-likeness (QED) is 0.885. The molecule has 0 fully saturated rings. The minimum absolute atomic E-state index is 0.0280. The van der Waals surface area contributed by atoms with Crippen LogP contribution in [0.4, 0.5) is 5.13 Å². The maximum Gasteiger partial charge on any atom is 0.231 e. The number of hydrogen-bond acceptors (Lipinski definition) is 4. The fourth-order valence-electron chi connectivity index (χ4n) is 1.02. The van der Waals surface area contributed by atoms with Crippen LogP contribution in [0.15, 0.2) is 0 Å². The van der Waals surface area contributed by atoms with Crippen molar-refractivity contribution in [3.8, 4) is 0 Å². The highest BCUT2D eigenvalue weighted by molar-refractivity contribution is 7.15. The van der Waals surface area contributed by atoms with Crippen molar-refractivity contribution in [1.29, 1.82) is 0 Å². The first-order chi connectivity index (χ1) is 7.29. The van der Waals surface area contributed by atoms with Gasteiger partial charge in [-0.15, -0.1) is 10.2 Å². The van der Waals surface area contributed by atoms with Gasteiger partial charge in [-0.05, 0) is 5.92 Å². The Morgan fingerprint density at radius 2 is 2.00 bits per heavy atom. The van der Waals surface area contributed by atoms with Gasteiger partial charge in [0.2, 0.25) is 11.0 Å². The second kappa shape index (κ2) is 4.91. The van der Waals surface area contributed by atoms with E-state index in [2.05, 4.69) is 29.4 Å². The molecule has 0 saturated carbocycles. The lowest BCUT2D eigenvalue weighted by atomic mass is 9.96. The van der Waals surface area contributed by atoms with E-state index in [0.717, 1.165) is 11.4 Å². The monoisotopic (exact) mass is 241 g/mol. The topological polar surface area (TPSA) is 54.9 Å². The maximum absolute atomic E-state index is 11.7. The minimum Gasteiger partial charge on any atom is -0.300 e.